The molecule has 110 valence electrons. The normalized spacial score (nSPS) is 14.7. The van der Waals surface area contributed by atoms with Crippen molar-refractivity contribution in [3.05, 3.63) is 11.8 Å². The van der Waals surface area contributed by atoms with Gasteiger partial charge in [-0.1, -0.05) is 13.8 Å². The van der Waals surface area contributed by atoms with Crippen LogP contribution in [0.3, 0.4) is 0 Å². The molecule has 1 aliphatic heterocycles. The summed E-state index contributed by atoms with van der Waals surface area (Å²) in [5, 5.41) is 6.82. The van der Waals surface area contributed by atoms with Crippen molar-refractivity contribution in [2.24, 2.45) is 5.92 Å². The predicted octanol–water partition coefficient (Wildman–Crippen LogP) is 2.33. The topological polar surface area (TPSA) is 53.1 Å². The van der Waals surface area contributed by atoms with E-state index in [-0.39, 0.29) is 0 Å². The van der Waals surface area contributed by atoms with Crippen LogP contribution in [0.1, 0.15) is 32.4 Å². The number of thiocarbonyl (C=S) groups is 1. The van der Waals surface area contributed by atoms with Crippen LogP contribution in [0, 0.1) is 12.8 Å². The van der Waals surface area contributed by atoms with E-state index in [0.717, 1.165) is 31.1 Å². The summed E-state index contributed by atoms with van der Waals surface area (Å²) in [5.74, 6) is 2.12. The molecule has 0 amide bonds. The average molecular weight is 293 g/mol. The highest BCUT2D eigenvalue weighted by Gasteiger charge is 2.15. The van der Waals surface area contributed by atoms with Crippen LogP contribution in [0.5, 0.6) is 0 Å². The highest BCUT2D eigenvalue weighted by atomic mass is 32.1. The van der Waals surface area contributed by atoms with Gasteiger partial charge in [0.05, 0.1) is 0 Å². The Balaban J connectivity index is 2.02. The van der Waals surface area contributed by atoms with Crippen LogP contribution in [0.25, 0.3) is 0 Å². The monoisotopic (exact) mass is 293 g/mol. The first-order chi connectivity index (χ1) is 9.54. The summed E-state index contributed by atoms with van der Waals surface area (Å²) in [6, 6.07) is 2.03. The molecule has 0 bridgehead atoms. The molecule has 2 rings (SSSR count). The number of nitrogens with one attached hydrogen (secondary N) is 2. The standard InChI is InChI=1S/C14H23N5S/c1-10(2)9-15-14(20)18-13-16-11(3)8-12(17-13)19-6-4-5-7-19/h8,10H,4-7,9H2,1-3H3,(H2,15,16,17,18,20). The van der Waals surface area contributed by atoms with Crippen molar-refractivity contribution in [2.45, 2.75) is 33.6 Å². The van der Waals surface area contributed by atoms with Gasteiger partial charge in [-0.15, -0.1) is 0 Å². The van der Waals surface area contributed by atoms with Gasteiger partial charge >= 0.3 is 0 Å². The molecule has 5 nitrogen and oxygen atoms in total. The quantitative estimate of drug-likeness (QED) is 0.831. The Kier molecular flexibility index (Phi) is 5.11. The summed E-state index contributed by atoms with van der Waals surface area (Å²) in [6.45, 7) is 9.26. The zero-order valence-electron chi connectivity index (χ0n) is 12.4. The molecule has 0 aliphatic carbocycles. The first-order valence-corrected chi connectivity index (χ1v) is 7.61. The largest absolute Gasteiger partial charge is 0.362 e. The van der Waals surface area contributed by atoms with E-state index in [4.69, 9.17) is 12.2 Å². The van der Waals surface area contributed by atoms with Crippen molar-refractivity contribution in [3.8, 4) is 0 Å². The van der Waals surface area contributed by atoms with Crippen molar-refractivity contribution in [3.63, 3.8) is 0 Å². The number of hydrogen-bond acceptors (Lipinski definition) is 4. The van der Waals surface area contributed by atoms with Gasteiger partial charge in [0, 0.05) is 31.4 Å². The molecule has 1 saturated heterocycles. The molecule has 1 aromatic heterocycles. The maximum Gasteiger partial charge on any atom is 0.231 e. The Hall–Kier alpha value is -1.43. The molecule has 1 aromatic rings. The minimum atomic E-state index is 0.549. The lowest BCUT2D eigenvalue weighted by molar-refractivity contribution is 0.627. The van der Waals surface area contributed by atoms with Crippen LogP contribution in [0.4, 0.5) is 11.8 Å². The first-order valence-electron chi connectivity index (χ1n) is 7.20. The van der Waals surface area contributed by atoms with Gasteiger partial charge in [-0.25, -0.2) is 4.98 Å². The zero-order chi connectivity index (χ0) is 14.5. The minimum absolute atomic E-state index is 0.549. The van der Waals surface area contributed by atoms with Crippen LogP contribution in [0.15, 0.2) is 6.07 Å². The number of hydrogen-bond donors (Lipinski definition) is 2. The second kappa shape index (κ2) is 6.83. The Morgan fingerprint density at radius 2 is 2.05 bits per heavy atom. The molecule has 0 spiro atoms. The molecular formula is C14H23N5S. The molecule has 0 saturated carbocycles. The molecule has 6 heteroatoms. The summed E-state index contributed by atoms with van der Waals surface area (Å²) in [6.07, 6.45) is 2.47. The molecular weight excluding hydrogens is 270 g/mol. The van der Waals surface area contributed by atoms with Gasteiger partial charge in [-0.3, -0.25) is 0 Å². The number of nitrogens with zero attached hydrogens (tertiary/aromatic N) is 3. The van der Waals surface area contributed by atoms with Crippen molar-refractivity contribution in [2.75, 3.05) is 29.9 Å². The maximum atomic E-state index is 5.26. The van der Waals surface area contributed by atoms with Gasteiger partial charge in [0.2, 0.25) is 5.95 Å². The van der Waals surface area contributed by atoms with Crippen LogP contribution < -0.4 is 15.5 Å². The summed E-state index contributed by atoms with van der Waals surface area (Å²) >= 11 is 5.26. The lowest BCUT2D eigenvalue weighted by atomic mass is 10.2. The molecule has 0 radical (unpaired) electrons. The number of rotatable bonds is 4. The fraction of sp³-hybridized carbons (Fsp3) is 0.643. The third-order valence-corrected chi connectivity index (χ3v) is 3.41. The van der Waals surface area contributed by atoms with E-state index in [9.17, 15) is 0 Å². The number of aromatic nitrogens is 2. The third-order valence-electron chi connectivity index (χ3n) is 3.17. The van der Waals surface area contributed by atoms with Crippen molar-refractivity contribution >= 4 is 29.1 Å². The molecule has 2 heterocycles. The van der Waals surface area contributed by atoms with Crippen LogP contribution >= 0.6 is 12.2 Å². The SMILES string of the molecule is Cc1cc(N2CCCC2)nc(NC(=S)NCC(C)C)n1. The van der Waals surface area contributed by atoms with Crippen LogP contribution in [0.2, 0.25) is 0 Å². The van der Waals surface area contributed by atoms with E-state index >= 15 is 0 Å². The Labute approximate surface area is 126 Å². The highest BCUT2D eigenvalue weighted by Crippen LogP contribution is 2.19. The molecule has 0 aromatic carbocycles. The predicted molar refractivity (Wildman–Crippen MR) is 87.3 cm³/mol. The van der Waals surface area contributed by atoms with Gasteiger partial charge in [0.15, 0.2) is 5.11 Å². The van der Waals surface area contributed by atoms with E-state index in [2.05, 4.69) is 39.3 Å². The zero-order valence-corrected chi connectivity index (χ0v) is 13.3. The van der Waals surface area contributed by atoms with Crippen LogP contribution in [-0.4, -0.2) is 34.7 Å². The molecule has 0 atom stereocenters. The summed E-state index contributed by atoms with van der Waals surface area (Å²) in [7, 11) is 0. The minimum Gasteiger partial charge on any atom is -0.362 e. The first kappa shape index (κ1) is 15.0. The third kappa shape index (κ3) is 4.30. The molecule has 1 aliphatic rings. The Morgan fingerprint density at radius 1 is 1.35 bits per heavy atom. The van der Waals surface area contributed by atoms with Crippen molar-refractivity contribution < 1.29 is 0 Å². The van der Waals surface area contributed by atoms with Gasteiger partial charge < -0.3 is 15.5 Å². The number of aryl methyl sites for hydroxylation is 1. The van der Waals surface area contributed by atoms with Crippen molar-refractivity contribution in [1.29, 1.82) is 0 Å². The van der Waals surface area contributed by atoms with E-state index in [1.54, 1.807) is 0 Å². The smallest absolute Gasteiger partial charge is 0.231 e. The average Bonchev–Trinajstić information content (AvgIpc) is 2.89. The summed E-state index contributed by atoms with van der Waals surface area (Å²) < 4.78 is 0. The van der Waals surface area contributed by atoms with E-state index in [1.807, 2.05) is 13.0 Å². The fourth-order valence-electron chi connectivity index (χ4n) is 2.16. The van der Waals surface area contributed by atoms with Gasteiger partial charge in [-0.05, 0) is 37.9 Å². The van der Waals surface area contributed by atoms with E-state index < -0.39 is 0 Å². The Morgan fingerprint density at radius 3 is 2.70 bits per heavy atom. The Bertz CT molecular complexity index is 469. The van der Waals surface area contributed by atoms with Gasteiger partial charge in [-0.2, -0.15) is 4.98 Å². The van der Waals surface area contributed by atoms with E-state index in [0.29, 0.717) is 17.0 Å². The maximum absolute atomic E-state index is 5.26. The van der Waals surface area contributed by atoms with Gasteiger partial charge in [0.25, 0.3) is 0 Å². The highest BCUT2D eigenvalue weighted by molar-refractivity contribution is 7.80. The van der Waals surface area contributed by atoms with E-state index in [1.165, 1.54) is 12.8 Å². The molecule has 2 N–H and O–H groups in total. The molecule has 20 heavy (non-hydrogen) atoms. The second-order valence-corrected chi connectivity index (χ2v) is 6.02. The van der Waals surface area contributed by atoms with Gasteiger partial charge in [0.1, 0.15) is 5.82 Å². The molecule has 1 fully saturated rings. The van der Waals surface area contributed by atoms with Crippen LogP contribution in [-0.2, 0) is 0 Å². The lowest BCUT2D eigenvalue weighted by Gasteiger charge is -2.18. The fourth-order valence-corrected chi connectivity index (χ4v) is 2.33. The number of anilines is 2. The summed E-state index contributed by atoms with van der Waals surface area (Å²) in [5.41, 5.74) is 0.955. The van der Waals surface area contributed by atoms with Crippen molar-refractivity contribution in [1.82, 2.24) is 15.3 Å². The second-order valence-electron chi connectivity index (χ2n) is 5.61. The lowest BCUT2D eigenvalue weighted by Crippen LogP contribution is -2.32. The molecule has 0 unspecified atom stereocenters. The summed E-state index contributed by atoms with van der Waals surface area (Å²) in [4.78, 5) is 11.3.